The first-order chi connectivity index (χ1) is 14.9. The summed E-state index contributed by atoms with van der Waals surface area (Å²) in [5, 5.41) is 8.04. The van der Waals surface area contributed by atoms with Crippen LogP contribution < -0.4 is 15.0 Å². The van der Waals surface area contributed by atoms with Gasteiger partial charge in [0.15, 0.2) is 5.65 Å². The van der Waals surface area contributed by atoms with E-state index in [0.717, 1.165) is 59.5 Å². The number of nitrogens with zero attached hydrogens (tertiary/aromatic N) is 4. The first-order valence-corrected chi connectivity index (χ1v) is 10.6. The van der Waals surface area contributed by atoms with E-state index in [-0.39, 0.29) is 18.0 Å². The van der Waals surface area contributed by atoms with Crippen molar-refractivity contribution >= 4 is 28.3 Å². The summed E-state index contributed by atoms with van der Waals surface area (Å²) in [4.78, 5) is 19.6. The molecular weight excluding hydrogens is 397 g/mol. The number of ether oxygens (including phenoxy) is 1. The van der Waals surface area contributed by atoms with E-state index in [4.69, 9.17) is 4.74 Å². The van der Waals surface area contributed by atoms with Gasteiger partial charge in [-0.15, -0.1) is 5.10 Å². The van der Waals surface area contributed by atoms with Gasteiger partial charge >= 0.3 is 0 Å². The highest BCUT2D eigenvalue weighted by atomic mass is 19.1. The molecule has 31 heavy (non-hydrogen) atoms. The van der Waals surface area contributed by atoms with E-state index in [1.165, 1.54) is 6.07 Å². The van der Waals surface area contributed by atoms with Crippen LogP contribution in [0.5, 0.6) is 5.88 Å². The number of carbonyl (C=O) groups excluding carboxylic acids is 1. The molecule has 1 aliphatic rings. The number of para-hydroxylation sites is 1. The van der Waals surface area contributed by atoms with Crippen molar-refractivity contribution in [2.75, 3.05) is 30.4 Å². The Morgan fingerprint density at radius 3 is 2.71 bits per heavy atom. The summed E-state index contributed by atoms with van der Waals surface area (Å²) in [6.45, 7) is 5.69. The van der Waals surface area contributed by atoms with Crippen LogP contribution >= 0.6 is 0 Å². The molecule has 1 fully saturated rings. The van der Waals surface area contributed by atoms with E-state index < -0.39 is 5.82 Å². The van der Waals surface area contributed by atoms with E-state index in [1.807, 2.05) is 27.0 Å². The number of hydrogen-bond acceptors (Lipinski definition) is 5. The molecule has 8 heteroatoms. The van der Waals surface area contributed by atoms with Gasteiger partial charge in [-0.25, -0.2) is 14.1 Å². The van der Waals surface area contributed by atoms with Gasteiger partial charge in [-0.1, -0.05) is 6.07 Å². The molecule has 7 nitrogen and oxygen atoms in total. The Labute approximate surface area is 181 Å². The number of hydrogen-bond donors (Lipinski definition) is 1. The molecule has 0 radical (unpaired) electrons. The molecule has 0 unspecified atom stereocenters. The van der Waals surface area contributed by atoms with Gasteiger partial charge in [0.25, 0.3) is 0 Å². The fourth-order valence-corrected chi connectivity index (χ4v) is 4.41. The second kappa shape index (κ2) is 8.53. The second-order valence-electron chi connectivity index (χ2n) is 8.01. The maximum absolute atomic E-state index is 14.5. The van der Waals surface area contributed by atoms with Crippen molar-refractivity contribution in [3.63, 3.8) is 0 Å². The molecule has 1 amide bonds. The molecule has 3 heterocycles. The number of halogens is 1. The van der Waals surface area contributed by atoms with Crippen molar-refractivity contribution in [2.45, 2.75) is 39.5 Å². The Kier molecular flexibility index (Phi) is 5.80. The molecular formula is C23H28FN5O2. The quantitative estimate of drug-likeness (QED) is 0.648. The van der Waals surface area contributed by atoms with Crippen LogP contribution in [-0.2, 0) is 18.3 Å². The van der Waals surface area contributed by atoms with Crippen molar-refractivity contribution in [1.82, 2.24) is 14.8 Å². The van der Waals surface area contributed by atoms with Crippen molar-refractivity contribution in [3.05, 3.63) is 40.8 Å². The number of aromatic nitrogens is 3. The molecule has 0 spiro atoms. The monoisotopic (exact) mass is 425 g/mol. The van der Waals surface area contributed by atoms with Gasteiger partial charge in [-0.2, -0.15) is 0 Å². The lowest BCUT2D eigenvalue weighted by molar-refractivity contribution is -0.116. The highest BCUT2D eigenvalue weighted by molar-refractivity contribution is 5.95. The Hall–Kier alpha value is -3.16. The van der Waals surface area contributed by atoms with Crippen LogP contribution in [0.2, 0.25) is 0 Å². The van der Waals surface area contributed by atoms with Gasteiger partial charge < -0.3 is 15.0 Å². The third-order valence-electron chi connectivity index (χ3n) is 6.02. The molecule has 1 aliphatic heterocycles. The first-order valence-electron chi connectivity index (χ1n) is 10.6. The third-order valence-corrected chi connectivity index (χ3v) is 6.02. The van der Waals surface area contributed by atoms with Gasteiger partial charge in [0.2, 0.25) is 11.8 Å². The lowest BCUT2D eigenvalue weighted by Gasteiger charge is -2.22. The number of carbonyl (C=O) groups is 1. The summed E-state index contributed by atoms with van der Waals surface area (Å²) in [7, 11) is 3.41. The van der Waals surface area contributed by atoms with Gasteiger partial charge in [-0.05, 0) is 56.4 Å². The number of anilines is 2. The predicted octanol–water partition coefficient (Wildman–Crippen LogP) is 3.90. The molecule has 0 aliphatic carbocycles. The average molecular weight is 426 g/mol. The Morgan fingerprint density at radius 2 is 2.00 bits per heavy atom. The average Bonchev–Trinajstić information content (AvgIpc) is 3.38. The van der Waals surface area contributed by atoms with Crippen molar-refractivity contribution in [2.24, 2.45) is 7.05 Å². The summed E-state index contributed by atoms with van der Waals surface area (Å²) in [5.41, 5.74) is 4.62. The summed E-state index contributed by atoms with van der Waals surface area (Å²) in [6, 6.07) is 4.94. The molecule has 1 saturated heterocycles. The zero-order chi connectivity index (χ0) is 22.1. The van der Waals surface area contributed by atoms with Crippen LogP contribution in [-0.4, -0.2) is 40.9 Å². The summed E-state index contributed by atoms with van der Waals surface area (Å²) in [6.07, 6.45) is 2.88. The third kappa shape index (κ3) is 3.94. The van der Waals surface area contributed by atoms with Crippen molar-refractivity contribution < 1.29 is 13.9 Å². The van der Waals surface area contributed by atoms with Gasteiger partial charge in [0.05, 0.1) is 18.2 Å². The molecule has 0 atom stereocenters. The van der Waals surface area contributed by atoms with Crippen LogP contribution in [0.1, 0.15) is 36.1 Å². The molecule has 2 aromatic heterocycles. The van der Waals surface area contributed by atoms with E-state index in [1.54, 1.807) is 17.9 Å². The molecule has 164 valence electrons. The largest absolute Gasteiger partial charge is 0.479 e. The number of pyridine rings is 1. The molecule has 0 bridgehead atoms. The van der Waals surface area contributed by atoms with E-state index in [2.05, 4.69) is 20.3 Å². The Bertz CT molecular complexity index is 1130. The molecule has 0 saturated carbocycles. The smallest absolute Gasteiger partial charge is 0.242 e. The Morgan fingerprint density at radius 1 is 1.26 bits per heavy atom. The fraction of sp³-hybridized carbons (Fsp3) is 0.435. The van der Waals surface area contributed by atoms with E-state index in [9.17, 15) is 9.18 Å². The molecule has 1 N–H and O–H groups in total. The molecule has 4 rings (SSSR count). The lowest BCUT2D eigenvalue weighted by Crippen LogP contribution is -2.22. The topological polar surface area (TPSA) is 72.3 Å². The maximum atomic E-state index is 14.5. The van der Waals surface area contributed by atoms with Gasteiger partial charge in [0, 0.05) is 32.3 Å². The standard InChI is InChI=1S/C23H28FN5O2/c1-14-16(15(2)25-22-20(14)23(31-4)27-28(22)3)10-11-19(30)26-21-17(24)8-7-9-18(21)29-12-5-6-13-29/h7-9H,5-6,10-13H2,1-4H3,(H,26,30). The highest BCUT2D eigenvalue weighted by Crippen LogP contribution is 2.32. The number of benzene rings is 1. The highest BCUT2D eigenvalue weighted by Gasteiger charge is 2.21. The summed E-state index contributed by atoms with van der Waals surface area (Å²) in [5.74, 6) is -0.106. The van der Waals surface area contributed by atoms with Crippen LogP contribution in [0.15, 0.2) is 18.2 Å². The Balaban J connectivity index is 1.54. The zero-order valence-corrected chi connectivity index (χ0v) is 18.5. The zero-order valence-electron chi connectivity index (χ0n) is 18.5. The SMILES string of the molecule is COc1nn(C)c2nc(C)c(CCC(=O)Nc3c(F)cccc3N3CCCC3)c(C)c12. The molecule has 1 aromatic carbocycles. The number of aryl methyl sites for hydroxylation is 3. The number of rotatable bonds is 6. The number of methoxy groups -OCH3 is 1. The lowest BCUT2D eigenvalue weighted by atomic mass is 10.00. The minimum atomic E-state index is -0.409. The van der Waals surface area contributed by atoms with Crippen LogP contribution in [0, 0.1) is 19.7 Å². The number of nitrogens with one attached hydrogen (secondary N) is 1. The number of amides is 1. The van der Waals surface area contributed by atoms with E-state index >= 15 is 0 Å². The van der Waals surface area contributed by atoms with E-state index in [0.29, 0.717) is 12.3 Å². The number of fused-ring (bicyclic) bond motifs is 1. The normalized spacial score (nSPS) is 13.8. The van der Waals surface area contributed by atoms with Crippen LogP contribution in [0.3, 0.4) is 0 Å². The minimum Gasteiger partial charge on any atom is -0.479 e. The summed E-state index contributed by atoms with van der Waals surface area (Å²) >= 11 is 0. The van der Waals surface area contributed by atoms with Gasteiger partial charge in [-0.3, -0.25) is 4.79 Å². The van der Waals surface area contributed by atoms with Gasteiger partial charge in [0.1, 0.15) is 11.5 Å². The van der Waals surface area contributed by atoms with Crippen LogP contribution in [0.25, 0.3) is 11.0 Å². The molecule has 3 aromatic rings. The van der Waals surface area contributed by atoms with Crippen molar-refractivity contribution in [3.8, 4) is 5.88 Å². The maximum Gasteiger partial charge on any atom is 0.242 e. The predicted molar refractivity (Wildman–Crippen MR) is 119 cm³/mol. The summed E-state index contributed by atoms with van der Waals surface area (Å²) < 4.78 is 21.6. The van der Waals surface area contributed by atoms with Crippen LogP contribution in [0.4, 0.5) is 15.8 Å². The second-order valence-corrected chi connectivity index (χ2v) is 8.01. The fourth-order valence-electron chi connectivity index (χ4n) is 4.41. The first kappa shape index (κ1) is 21.1. The minimum absolute atomic E-state index is 0.220. The van der Waals surface area contributed by atoms with Crippen molar-refractivity contribution in [1.29, 1.82) is 0 Å².